The van der Waals surface area contributed by atoms with Gasteiger partial charge < -0.3 is 25.6 Å². The molecule has 7 heteroatoms. The summed E-state index contributed by atoms with van der Waals surface area (Å²) in [5, 5.41) is 3.07. The molecule has 0 radical (unpaired) electrons. The van der Waals surface area contributed by atoms with Gasteiger partial charge in [-0.2, -0.15) is 0 Å². The van der Waals surface area contributed by atoms with Crippen LogP contribution in [0.5, 0.6) is 5.75 Å². The number of pyridine rings is 1. The first kappa shape index (κ1) is 27.5. The van der Waals surface area contributed by atoms with Crippen LogP contribution >= 0.6 is 0 Å². The Kier molecular flexibility index (Phi) is 9.24. The van der Waals surface area contributed by atoms with Gasteiger partial charge in [0.05, 0.1) is 12.7 Å². The quantitative estimate of drug-likeness (QED) is 0.371. The van der Waals surface area contributed by atoms with Crippen LogP contribution in [-0.4, -0.2) is 54.6 Å². The zero-order chi connectivity index (χ0) is 27.1. The van der Waals surface area contributed by atoms with E-state index in [-0.39, 0.29) is 5.91 Å². The Morgan fingerprint density at radius 1 is 1.13 bits per heavy atom. The van der Waals surface area contributed by atoms with E-state index in [9.17, 15) is 4.79 Å². The predicted octanol–water partition coefficient (Wildman–Crippen LogP) is 4.97. The van der Waals surface area contributed by atoms with Gasteiger partial charge in [-0.15, -0.1) is 0 Å². The summed E-state index contributed by atoms with van der Waals surface area (Å²) in [6.45, 7) is 9.86. The lowest BCUT2D eigenvalue weighted by atomic mass is 9.99. The number of likely N-dealkylation sites (tertiary alicyclic amines) is 1. The molecule has 4 rings (SSSR count). The molecule has 38 heavy (non-hydrogen) atoms. The minimum Gasteiger partial charge on any atom is -0.497 e. The van der Waals surface area contributed by atoms with Gasteiger partial charge in [-0.3, -0.25) is 9.78 Å². The number of benzene rings is 2. The summed E-state index contributed by atoms with van der Waals surface area (Å²) in [5.41, 5.74) is 11.8. The third-order valence-electron chi connectivity index (χ3n) is 7.84. The van der Waals surface area contributed by atoms with Gasteiger partial charge in [0.25, 0.3) is 5.91 Å². The van der Waals surface area contributed by atoms with Gasteiger partial charge in [0.1, 0.15) is 5.75 Å². The molecular formula is C31H41N5O2. The van der Waals surface area contributed by atoms with Gasteiger partial charge in [-0.05, 0) is 93.1 Å². The topological polar surface area (TPSA) is 83.7 Å². The lowest BCUT2D eigenvalue weighted by molar-refractivity contribution is 0.0945. The molecule has 1 amide bonds. The molecule has 0 saturated carbocycles. The molecule has 7 nitrogen and oxygen atoms in total. The van der Waals surface area contributed by atoms with Crippen molar-refractivity contribution in [3.63, 3.8) is 0 Å². The van der Waals surface area contributed by atoms with E-state index >= 15 is 0 Å². The number of carbonyl (C=O) groups excluding carboxylic acids is 1. The van der Waals surface area contributed by atoms with Crippen LogP contribution in [0.1, 0.15) is 53.2 Å². The number of anilines is 2. The number of ether oxygens (including phenoxy) is 1. The number of nitrogens with zero attached hydrogens (tertiary/aromatic N) is 3. The first-order valence-corrected chi connectivity index (χ1v) is 13.5. The first-order valence-electron chi connectivity index (χ1n) is 13.5. The average Bonchev–Trinajstić information content (AvgIpc) is 2.93. The summed E-state index contributed by atoms with van der Waals surface area (Å²) in [7, 11) is 1.70. The molecule has 1 aliphatic rings. The van der Waals surface area contributed by atoms with E-state index in [4.69, 9.17) is 10.5 Å². The van der Waals surface area contributed by atoms with Crippen molar-refractivity contribution < 1.29 is 9.53 Å². The standard InChI is InChI=1S/C31H41N5O2/c1-22-12-16-33-20-25(22)21-36(26-8-10-28(38-4)11-9-26)27-14-18-35(19-15-27)24(3)13-17-34-31(37)30-23(2)6-5-7-29(30)32/h5-12,16,20,24,27H,13-15,17-19,21,32H2,1-4H3,(H,34,37)/t24-/m1/s1. The Morgan fingerprint density at radius 3 is 2.53 bits per heavy atom. The number of nitrogen functional groups attached to an aromatic ring is 1. The molecule has 1 aliphatic heterocycles. The minimum atomic E-state index is -0.0904. The van der Waals surface area contributed by atoms with Crippen molar-refractivity contribution in [1.82, 2.24) is 15.2 Å². The maximum Gasteiger partial charge on any atom is 0.253 e. The number of rotatable bonds is 10. The number of hydrogen-bond acceptors (Lipinski definition) is 6. The number of hydrogen-bond donors (Lipinski definition) is 2. The number of nitrogens with two attached hydrogens (primary N) is 1. The summed E-state index contributed by atoms with van der Waals surface area (Å²) in [6, 6.07) is 16.9. The Morgan fingerprint density at radius 2 is 1.87 bits per heavy atom. The molecule has 3 aromatic rings. The van der Waals surface area contributed by atoms with Crippen molar-refractivity contribution in [2.45, 2.75) is 58.7 Å². The van der Waals surface area contributed by atoms with Crippen molar-refractivity contribution in [2.75, 3.05) is 37.4 Å². The van der Waals surface area contributed by atoms with Crippen molar-refractivity contribution in [1.29, 1.82) is 0 Å². The van der Waals surface area contributed by atoms with Gasteiger partial charge in [0, 0.05) is 62.0 Å². The average molecular weight is 516 g/mol. The highest BCUT2D eigenvalue weighted by Gasteiger charge is 2.27. The molecule has 1 fully saturated rings. The number of nitrogens with one attached hydrogen (secondary N) is 1. The van der Waals surface area contributed by atoms with Crippen LogP contribution in [0.2, 0.25) is 0 Å². The third kappa shape index (κ3) is 6.64. The second-order valence-corrected chi connectivity index (χ2v) is 10.3. The van der Waals surface area contributed by atoms with Gasteiger partial charge >= 0.3 is 0 Å². The fraction of sp³-hybridized carbons (Fsp3) is 0.419. The second-order valence-electron chi connectivity index (χ2n) is 10.3. The van der Waals surface area contributed by atoms with Gasteiger partial charge in [-0.25, -0.2) is 0 Å². The van der Waals surface area contributed by atoms with Crippen LogP contribution in [0.3, 0.4) is 0 Å². The van der Waals surface area contributed by atoms with Crippen molar-refractivity contribution >= 4 is 17.3 Å². The van der Waals surface area contributed by atoms with E-state index in [1.165, 1.54) is 16.8 Å². The summed E-state index contributed by atoms with van der Waals surface area (Å²) < 4.78 is 5.39. The summed E-state index contributed by atoms with van der Waals surface area (Å²) in [4.78, 5) is 22.1. The van der Waals surface area contributed by atoms with Crippen LogP contribution < -0.4 is 20.7 Å². The Hall–Kier alpha value is -3.58. The van der Waals surface area contributed by atoms with Gasteiger partial charge in [0.2, 0.25) is 0 Å². The molecule has 202 valence electrons. The largest absolute Gasteiger partial charge is 0.497 e. The van der Waals surface area contributed by atoms with E-state index in [1.807, 2.05) is 43.6 Å². The Balaban J connectivity index is 1.34. The zero-order valence-corrected chi connectivity index (χ0v) is 23.1. The number of amides is 1. The maximum atomic E-state index is 12.7. The van der Waals surface area contributed by atoms with Crippen LogP contribution in [0, 0.1) is 13.8 Å². The van der Waals surface area contributed by atoms with Crippen LogP contribution in [0.4, 0.5) is 11.4 Å². The van der Waals surface area contributed by atoms with E-state index in [0.29, 0.717) is 29.9 Å². The predicted molar refractivity (Wildman–Crippen MR) is 155 cm³/mol. The van der Waals surface area contributed by atoms with E-state index in [0.717, 1.165) is 50.2 Å². The first-order chi connectivity index (χ1) is 18.4. The highest BCUT2D eigenvalue weighted by atomic mass is 16.5. The highest BCUT2D eigenvalue weighted by molar-refractivity contribution is 6.00. The van der Waals surface area contributed by atoms with E-state index in [2.05, 4.69) is 52.1 Å². The van der Waals surface area contributed by atoms with Crippen LogP contribution in [0.15, 0.2) is 60.9 Å². The van der Waals surface area contributed by atoms with Gasteiger partial charge in [0.15, 0.2) is 0 Å². The summed E-state index contributed by atoms with van der Waals surface area (Å²) >= 11 is 0. The normalized spacial score (nSPS) is 15.2. The summed E-state index contributed by atoms with van der Waals surface area (Å²) in [5.74, 6) is 0.777. The third-order valence-corrected chi connectivity index (χ3v) is 7.84. The number of methoxy groups -OCH3 is 1. The van der Waals surface area contributed by atoms with Crippen molar-refractivity contribution in [3.05, 3.63) is 83.2 Å². The number of aromatic nitrogens is 1. The Bertz CT molecular complexity index is 1180. The van der Waals surface area contributed by atoms with Crippen molar-refractivity contribution in [3.8, 4) is 5.75 Å². The molecule has 1 saturated heterocycles. The van der Waals surface area contributed by atoms with E-state index < -0.39 is 0 Å². The molecule has 1 aromatic heterocycles. The number of aryl methyl sites for hydroxylation is 2. The SMILES string of the molecule is COc1ccc(N(Cc2cnccc2C)C2CCN([C@H](C)CCNC(=O)c3c(C)cccc3N)CC2)cc1. The molecule has 3 N–H and O–H groups in total. The van der Waals surface area contributed by atoms with Gasteiger partial charge in [-0.1, -0.05) is 12.1 Å². The molecule has 2 heterocycles. The lowest BCUT2D eigenvalue weighted by Gasteiger charge is -2.42. The molecule has 1 atom stereocenters. The molecule has 0 unspecified atom stereocenters. The minimum absolute atomic E-state index is 0.0904. The Labute approximate surface area is 227 Å². The fourth-order valence-electron chi connectivity index (χ4n) is 5.36. The monoisotopic (exact) mass is 515 g/mol. The highest BCUT2D eigenvalue weighted by Crippen LogP contribution is 2.29. The number of carbonyl (C=O) groups is 1. The smallest absolute Gasteiger partial charge is 0.253 e. The molecular weight excluding hydrogens is 474 g/mol. The summed E-state index contributed by atoms with van der Waals surface area (Å²) in [6.07, 6.45) is 6.92. The molecule has 0 aliphatic carbocycles. The molecule has 0 bridgehead atoms. The maximum absolute atomic E-state index is 12.7. The molecule has 2 aromatic carbocycles. The molecule has 0 spiro atoms. The second kappa shape index (κ2) is 12.8. The van der Waals surface area contributed by atoms with Crippen LogP contribution in [0.25, 0.3) is 0 Å². The van der Waals surface area contributed by atoms with Crippen LogP contribution in [-0.2, 0) is 6.54 Å². The fourth-order valence-corrected chi connectivity index (χ4v) is 5.36. The van der Waals surface area contributed by atoms with E-state index in [1.54, 1.807) is 13.2 Å². The van der Waals surface area contributed by atoms with Crippen molar-refractivity contribution in [2.24, 2.45) is 0 Å². The zero-order valence-electron chi connectivity index (χ0n) is 23.1. The lowest BCUT2D eigenvalue weighted by Crippen LogP contribution is -2.48. The number of piperidine rings is 1.